The first kappa shape index (κ1) is 19.4. The van der Waals surface area contributed by atoms with Crippen molar-refractivity contribution in [2.45, 2.75) is 13.0 Å². The maximum absolute atomic E-state index is 13.5. The summed E-state index contributed by atoms with van der Waals surface area (Å²) in [4.78, 5) is 25.7. The smallest absolute Gasteiger partial charge is 0.254 e. The molecule has 0 saturated carbocycles. The van der Waals surface area contributed by atoms with Crippen molar-refractivity contribution in [1.29, 1.82) is 0 Å². The van der Waals surface area contributed by atoms with Crippen LogP contribution >= 0.6 is 0 Å². The van der Waals surface area contributed by atoms with E-state index in [0.717, 1.165) is 23.4 Å². The standard InChI is InChI=1S/C19H21F2N3O2/c1-24(2)15-5-3-4-13(10-15)12-23-18(25)8-9-22-19(26)16-7-6-14(20)11-17(16)21/h3-7,10-11H,8-9,12H2,1-2H3,(H,22,26)(H,23,25). The third-order valence-corrected chi connectivity index (χ3v) is 3.73. The Balaban J connectivity index is 1.77. The van der Waals surface area contributed by atoms with Gasteiger partial charge in [0.1, 0.15) is 11.6 Å². The Morgan fingerprint density at radius 1 is 1.04 bits per heavy atom. The van der Waals surface area contributed by atoms with Crippen molar-refractivity contribution in [2.24, 2.45) is 0 Å². The number of carbonyl (C=O) groups excluding carboxylic acids is 2. The third kappa shape index (κ3) is 5.54. The van der Waals surface area contributed by atoms with Crippen LogP contribution in [0.25, 0.3) is 0 Å². The number of benzene rings is 2. The molecule has 2 aromatic carbocycles. The highest BCUT2D eigenvalue weighted by molar-refractivity contribution is 5.94. The van der Waals surface area contributed by atoms with Gasteiger partial charge in [0, 0.05) is 45.4 Å². The van der Waals surface area contributed by atoms with Crippen LogP contribution in [0.5, 0.6) is 0 Å². The highest BCUT2D eigenvalue weighted by Gasteiger charge is 2.12. The van der Waals surface area contributed by atoms with Gasteiger partial charge >= 0.3 is 0 Å². The van der Waals surface area contributed by atoms with Gasteiger partial charge in [0.2, 0.25) is 5.91 Å². The Kier molecular flexibility index (Phi) is 6.66. The lowest BCUT2D eigenvalue weighted by Crippen LogP contribution is -2.31. The molecule has 0 aromatic heterocycles. The van der Waals surface area contributed by atoms with Crippen LogP contribution in [0.15, 0.2) is 42.5 Å². The summed E-state index contributed by atoms with van der Waals surface area (Å²) in [6, 6.07) is 10.5. The maximum atomic E-state index is 13.5. The summed E-state index contributed by atoms with van der Waals surface area (Å²) in [6.07, 6.45) is 0.0575. The zero-order chi connectivity index (χ0) is 19.1. The molecule has 26 heavy (non-hydrogen) atoms. The number of rotatable bonds is 7. The predicted molar refractivity (Wildman–Crippen MR) is 95.9 cm³/mol. The highest BCUT2D eigenvalue weighted by atomic mass is 19.1. The van der Waals surface area contributed by atoms with E-state index in [1.54, 1.807) is 0 Å². The van der Waals surface area contributed by atoms with Gasteiger partial charge in [-0.3, -0.25) is 9.59 Å². The van der Waals surface area contributed by atoms with Crippen molar-refractivity contribution in [2.75, 3.05) is 25.5 Å². The molecule has 0 atom stereocenters. The molecule has 0 spiro atoms. The second kappa shape index (κ2) is 8.94. The lowest BCUT2D eigenvalue weighted by molar-refractivity contribution is -0.121. The molecule has 2 rings (SSSR count). The molecule has 0 radical (unpaired) electrons. The number of hydrogen-bond acceptors (Lipinski definition) is 3. The summed E-state index contributed by atoms with van der Waals surface area (Å²) in [5.41, 5.74) is 1.74. The van der Waals surface area contributed by atoms with Crippen molar-refractivity contribution < 1.29 is 18.4 Å². The summed E-state index contributed by atoms with van der Waals surface area (Å²) in [5.74, 6) is -2.61. The number of amides is 2. The number of carbonyl (C=O) groups is 2. The Bertz CT molecular complexity index is 794. The largest absolute Gasteiger partial charge is 0.378 e. The summed E-state index contributed by atoms with van der Waals surface area (Å²) < 4.78 is 26.3. The van der Waals surface area contributed by atoms with E-state index < -0.39 is 17.5 Å². The molecule has 138 valence electrons. The van der Waals surface area contributed by atoms with Crippen molar-refractivity contribution >= 4 is 17.5 Å². The topological polar surface area (TPSA) is 61.4 Å². The van der Waals surface area contributed by atoms with Crippen LogP contribution in [-0.2, 0) is 11.3 Å². The molecule has 2 amide bonds. The fourth-order valence-electron chi connectivity index (χ4n) is 2.29. The van der Waals surface area contributed by atoms with E-state index in [9.17, 15) is 18.4 Å². The van der Waals surface area contributed by atoms with Gasteiger partial charge in [0.25, 0.3) is 5.91 Å². The van der Waals surface area contributed by atoms with Gasteiger partial charge in [-0.25, -0.2) is 8.78 Å². The zero-order valence-electron chi connectivity index (χ0n) is 14.7. The van der Waals surface area contributed by atoms with Crippen LogP contribution in [0.2, 0.25) is 0 Å². The summed E-state index contributed by atoms with van der Waals surface area (Å²) >= 11 is 0. The van der Waals surface area contributed by atoms with Crippen LogP contribution in [0.4, 0.5) is 14.5 Å². The Hall–Kier alpha value is -2.96. The van der Waals surface area contributed by atoms with Crippen LogP contribution in [-0.4, -0.2) is 32.5 Å². The molecule has 0 unspecified atom stereocenters. The number of nitrogens with zero attached hydrogens (tertiary/aromatic N) is 1. The van der Waals surface area contributed by atoms with Crippen molar-refractivity contribution in [1.82, 2.24) is 10.6 Å². The van der Waals surface area contributed by atoms with Gasteiger partial charge in [-0.2, -0.15) is 0 Å². The molecule has 2 aromatic rings. The van der Waals surface area contributed by atoms with E-state index in [2.05, 4.69) is 10.6 Å². The number of hydrogen-bond donors (Lipinski definition) is 2. The lowest BCUT2D eigenvalue weighted by Gasteiger charge is -2.14. The third-order valence-electron chi connectivity index (χ3n) is 3.73. The second-order valence-corrected chi connectivity index (χ2v) is 5.97. The molecular formula is C19H21F2N3O2. The minimum Gasteiger partial charge on any atom is -0.378 e. The minimum absolute atomic E-state index is 0.0548. The first-order valence-electron chi connectivity index (χ1n) is 8.13. The quantitative estimate of drug-likeness (QED) is 0.796. The Labute approximate surface area is 151 Å². The molecule has 2 N–H and O–H groups in total. The maximum Gasteiger partial charge on any atom is 0.254 e. The van der Waals surface area contributed by atoms with E-state index in [4.69, 9.17) is 0 Å². The van der Waals surface area contributed by atoms with Crippen LogP contribution in [0.3, 0.4) is 0 Å². The van der Waals surface area contributed by atoms with Gasteiger partial charge in [-0.1, -0.05) is 12.1 Å². The van der Waals surface area contributed by atoms with Crippen LogP contribution in [0, 0.1) is 11.6 Å². The summed E-state index contributed by atoms with van der Waals surface area (Å²) in [7, 11) is 3.87. The molecule has 0 heterocycles. The molecule has 5 nitrogen and oxygen atoms in total. The number of nitrogens with one attached hydrogen (secondary N) is 2. The predicted octanol–water partition coefficient (Wildman–Crippen LogP) is 2.47. The lowest BCUT2D eigenvalue weighted by atomic mass is 10.2. The van der Waals surface area contributed by atoms with Crippen molar-refractivity contribution in [3.8, 4) is 0 Å². The van der Waals surface area contributed by atoms with E-state index in [0.29, 0.717) is 12.6 Å². The second-order valence-electron chi connectivity index (χ2n) is 5.97. The van der Waals surface area contributed by atoms with E-state index in [-0.39, 0.29) is 24.4 Å². The van der Waals surface area contributed by atoms with E-state index >= 15 is 0 Å². The number of halogens is 2. The van der Waals surface area contributed by atoms with Gasteiger partial charge in [0.05, 0.1) is 5.56 Å². The highest BCUT2D eigenvalue weighted by Crippen LogP contribution is 2.13. The van der Waals surface area contributed by atoms with Crippen LogP contribution in [0.1, 0.15) is 22.3 Å². The molecule has 0 bridgehead atoms. The average molecular weight is 361 g/mol. The molecule has 0 aliphatic rings. The Morgan fingerprint density at radius 3 is 2.50 bits per heavy atom. The first-order valence-corrected chi connectivity index (χ1v) is 8.13. The van der Waals surface area contributed by atoms with Gasteiger partial charge in [0.15, 0.2) is 0 Å². The van der Waals surface area contributed by atoms with E-state index in [1.165, 1.54) is 0 Å². The molecule has 7 heteroatoms. The van der Waals surface area contributed by atoms with Crippen molar-refractivity contribution in [3.05, 3.63) is 65.2 Å². The van der Waals surface area contributed by atoms with Gasteiger partial charge in [-0.05, 0) is 29.8 Å². The fourth-order valence-corrected chi connectivity index (χ4v) is 2.29. The van der Waals surface area contributed by atoms with Gasteiger partial charge in [-0.15, -0.1) is 0 Å². The zero-order valence-corrected chi connectivity index (χ0v) is 14.7. The molecule has 0 saturated heterocycles. The van der Waals surface area contributed by atoms with Crippen molar-refractivity contribution in [3.63, 3.8) is 0 Å². The van der Waals surface area contributed by atoms with Gasteiger partial charge < -0.3 is 15.5 Å². The molecular weight excluding hydrogens is 340 g/mol. The number of anilines is 1. The van der Waals surface area contributed by atoms with Crippen LogP contribution < -0.4 is 15.5 Å². The Morgan fingerprint density at radius 2 is 1.81 bits per heavy atom. The summed E-state index contributed by atoms with van der Waals surface area (Å²) in [6.45, 7) is 0.431. The summed E-state index contributed by atoms with van der Waals surface area (Å²) in [5, 5.41) is 5.21. The van der Waals surface area contributed by atoms with E-state index in [1.807, 2.05) is 43.3 Å². The monoisotopic (exact) mass is 361 g/mol. The molecule has 0 fully saturated rings. The molecule has 0 aliphatic carbocycles. The average Bonchev–Trinajstić information content (AvgIpc) is 2.60. The first-order chi connectivity index (χ1) is 12.4. The molecule has 0 aliphatic heterocycles. The SMILES string of the molecule is CN(C)c1cccc(CNC(=O)CCNC(=O)c2ccc(F)cc2F)c1. The normalized spacial score (nSPS) is 10.3. The fraction of sp³-hybridized carbons (Fsp3) is 0.263. The minimum atomic E-state index is -0.937.